The first-order valence-electron chi connectivity index (χ1n) is 5.83. The van der Waals surface area contributed by atoms with Crippen LogP contribution in [0.25, 0.3) is 0 Å². The van der Waals surface area contributed by atoms with Crippen molar-refractivity contribution in [3.63, 3.8) is 0 Å². The Balaban J connectivity index is 2.94. The third kappa shape index (κ3) is 3.70. The molecular weight excluding hydrogens is 251 g/mol. The van der Waals surface area contributed by atoms with Gasteiger partial charge in [-0.05, 0) is 17.1 Å². The Kier molecular flexibility index (Phi) is 6.13. The highest BCUT2D eigenvalue weighted by molar-refractivity contribution is 7.39. The van der Waals surface area contributed by atoms with Crippen LogP contribution in [0.2, 0.25) is 0 Å². The van der Waals surface area contributed by atoms with Gasteiger partial charge in [0.2, 0.25) is 0 Å². The van der Waals surface area contributed by atoms with Crippen molar-refractivity contribution in [1.82, 2.24) is 0 Å². The number of hydrogen-bond acceptors (Lipinski definition) is 4. The summed E-state index contributed by atoms with van der Waals surface area (Å²) >= 11 is 0. The second kappa shape index (κ2) is 7.37. The number of benzene rings is 1. The highest BCUT2D eigenvalue weighted by atomic mass is 31.1. The number of aldehydes is 1. The minimum absolute atomic E-state index is 0.291. The molecule has 0 bridgehead atoms. The van der Waals surface area contributed by atoms with Crippen molar-refractivity contribution in [3.8, 4) is 0 Å². The minimum Gasteiger partial charge on any atom is -0.363 e. The van der Waals surface area contributed by atoms with Crippen LogP contribution in [0.1, 0.15) is 18.9 Å². The maximum atomic E-state index is 11.5. The number of ether oxygens (including phenoxy) is 1. The Hall–Kier alpha value is -1.09. The van der Waals surface area contributed by atoms with Crippen molar-refractivity contribution in [2.24, 2.45) is 0 Å². The molecule has 0 saturated heterocycles. The molecule has 0 aromatic heterocycles. The standard InChI is InChI=1S/C13H18O4P/c1-3-17-13(11-14,9-10-18(15)16-2)12-7-5-4-6-8-12/h4-8,11H,3,9-10H2,1-2H3/q+1. The molecule has 4 nitrogen and oxygen atoms in total. The van der Waals surface area contributed by atoms with Crippen LogP contribution in [0.15, 0.2) is 30.3 Å². The summed E-state index contributed by atoms with van der Waals surface area (Å²) in [6, 6.07) is 9.25. The fraction of sp³-hybridized carbons (Fsp3) is 0.462. The van der Waals surface area contributed by atoms with Gasteiger partial charge in [-0.15, -0.1) is 4.52 Å². The van der Waals surface area contributed by atoms with Crippen molar-refractivity contribution >= 4 is 14.3 Å². The van der Waals surface area contributed by atoms with Crippen molar-refractivity contribution in [2.75, 3.05) is 19.9 Å². The average molecular weight is 269 g/mol. The van der Waals surface area contributed by atoms with Crippen LogP contribution in [-0.2, 0) is 24.2 Å². The van der Waals surface area contributed by atoms with E-state index in [0.717, 1.165) is 11.8 Å². The first-order chi connectivity index (χ1) is 8.68. The zero-order chi connectivity index (χ0) is 13.4. The van der Waals surface area contributed by atoms with E-state index in [0.29, 0.717) is 19.2 Å². The predicted molar refractivity (Wildman–Crippen MR) is 69.9 cm³/mol. The van der Waals surface area contributed by atoms with E-state index in [9.17, 15) is 9.36 Å². The van der Waals surface area contributed by atoms with Crippen molar-refractivity contribution in [3.05, 3.63) is 35.9 Å². The molecule has 0 aliphatic heterocycles. The Bertz CT molecular complexity index is 393. The fourth-order valence-electron chi connectivity index (χ4n) is 1.79. The van der Waals surface area contributed by atoms with Crippen LogP contribution < -0.4 is 0 Å². The van der Waals surface area contributed by atoms with Gasteiger partial charge in [-0.1, -0.05) is 30.3 Å². The minimum atomic E-state index is -1.74. The molecule has 0 amide bonds. The lowest BCUT2D eigenvalue weighted by Gasteiger charge is -2.26. The van der Waals surface area contributed by atoms with Crippen LogP contribution in [0.4, 0.5) is 0 Å². The second-order valence-corrected chi connectivity index (χ2v) is 5.27. The van der Waals surface area contributed by atoms with Gasteiger partial charge < -0.3 is 4.74 Å². The molecule has 0 heterocycles. The van der Waals surface area contributed by atoms with E-state index < -0.39 is 13.6 Å². The maximum absolute atomic E-state index is 11.5. The monoisotopic (exact) mass is 269 g/mol. The lowest BCUT2D eigenvalue weighted by Crippen LogP contribution is -2.32. The summed E-state index contributed by atoms with van der Waals surface area (Å²) in [5.74, 6) is 0. The quantitative estimate of drug-likeness (QED) is 0.538. The first-order valence-corrected chi connectivity index (χ1v) is 7.19. The normalized spacial score (nSPS) is 14.9. The van der Waals surface area contributed by atoms with Gasteiger partial charge in [0.05, 0.1) is 7.11 Å². The molecule has 0 N–H and O–H groups in total. The molecule has 0 aliphatic rings. The predicted octanol–water partition coefficient (Wildman–Crippen LogP) is 2.90. The maximum Gasteiger partial charge on any atom is 0.507 e. The number of carbonyl (C=O) groups is 1. The topological polar surface area (TPSA) is 52.6 Å². The van der Waals surface area contributed by atoms with Gasteiger partial charge in [0.1, 0.15) is 0 Å². The van der Waals surface area contributed by atoms with E-state index in [1.54, 1.807) is 0 Å². The second-order valence-electron chi connectivity index (χ2n) is 3.80. The number of hydrogen-bond donors (Lipinski definition) is 0. The van der Waals surface area contributed by atoms with Crippen LogP contribution in [0, 0.1) is 0 Å². The molecule has 5 heteroatoms. The molecule has 98 valence electrons. The Morgan fingerprint density at radius 2 is 2.00 bits per heavy atom. The molecular formula is C13H18O4P+. The van der Waals surface area contributed by atoms with Crippen LogP contribution in [0.3, 0.4) is 0 Å². The molecule has 1 aromatic carbocycles. The summed E-state index contributed by atoms with van der Waals surface area (Å²) in [6.07, 6.45) is 1.42. The molecule has 0 spiro atoms. The van der Waals surface area contributed by atoms with Gasteiger partial charge in [-0.3, -0.25) is 4.79 Å². The third-order valence-corrected chi connectivity index (χ3v) is 3.72. The van der Waals surface area contributed by atoms with Gasteiger partial charge in [0, 0.05) is 13.0 Å². The van der Waals surface area contributed by atoms with Crippen LogP contribution >= 0.6 is 8.03 Å². The zero-order valence-electron chi connectivity index (χ0n) is 10.7. The van der Waals surface area contributed by atoms with E-state index in [2.05, 4.69) is 0 Å². The van der Waals surface area contributed by atoms with Crippen molar-refractivity contribution < 1.29 is 18.6 Å². The highest BCUT2D eigenvalue weighted by Crippen LogP contribution is 2.32. The fourth-order valence-corrected chi connectivity index (χ4v) is 2.48. The first kappa shape index (κ1) is 15.0. The Morgan fingerprint density at radius 3 is 2.50 bits per heavy atom. The molecule has 0 saturated carbocycles. The largest absolute Gasteiger partial charge is 0.507 e. The molecule has 0 radical (unpaired) electrons. The summed E-state index contributed by atoms with van der Waals surface area (Å²) in [5, 5.41) is 0. The molecule has 2 atom stereocenters. The molecule has 1 rings (SSSR count). The highest BCUT2D eigenvalue weighted by Gasteiger charge is 2.36. The number of carbonyl (C=O) groups excluding carboxylic acids is 1. The number of rotatable bonds is 8. The molecule has 0 aliphatic carbocycles. The summed E-state index contributed by atoms with van der Waals surface area (Å²) in [5.41, 5.74) is -0.249. The smallest absolute Gasteiger partial charge is 0.363 e. The van der Waals surface area contributed by atoms with E-state index in [1.807, 2.05) is 37.3 Å². The van der Waals surface area contributed by atoms with Gasteiger partial charge in [-0.25, -0.2) is 0 Å². The third-order valence-electron chi connectivity index (χ3n) is 2.72. The molecule has 1 aromatic rings. The average Bonchev–Trinajstić information content (AvgIpc) is 2.44. The van der Waals surface area contributed by atoms with Gasteiger partial charge in [0.25, 0.3) is 0 Å². The van der Waals surface area contributed by atoms with Gasteiger partial charge in [-0.2, -0.15) is 0 Å². The van der Waals surface area contributed by atoms with E-state index in [1.165, 1.54) is 7.11 Å². The lowest BCUT2D eigenvalue weighted by atomic mass is 9.92. The summed E-state index contributed by atoms with van der Waals surface area (Å²) in [6.45, 7) is 2.24. The zero-order valence-corrected chi connectivity index (χ0v) is 11.6. The summed E-state index contributed by atoms with van der Waals surface area (Å²) in [4.78, 5) is 11.5. The Morgan fingerprint density at radius 1 is 1.33 bits per heavy atom. The van der Waals surface area contributed by atoms with E-state index in [4.69, 9.17) is 9.26 Å². The molecule has 0 fully saturated rings. The molecule has 2 unspecified atom stereocenters. The summed E-state index contributed by atoms with van der Waals surface area (Å²) < 4.78 is 21.7. The van der Waals surface area contributed by atoms with E-state index in [-0.39, 0.29) is 0 Å². The van der Waals surface area contributed by atoms with E-state index >= 15 is 0 Å². The molecule has 18 heavy (non-hydrogen) atoms. The van der Waals surface area contributed by atoms with Gasteiger partial charge >= 0.3 is 8.03 Å². The Labute approximate surface area is 108 Å². The SMILES string of the molecule is CCOC(C=O)(CC[P+](=O)OC)c1ccccc1. The van der Waals surface area contributed by atoms with Crippen LogP contribution in [-0.4, -0.2) is 26.2 Å². The summed E-state index contributed by atoms with van der Waals surface area (Å²) in [7, 11) is -0.345. The van der Waals surface area contributed by atoms with Crippen molar-refractivity contribution in [1.29, 1.82) is 0 Å². The van der Waals surface area contributed by atoms with Crippen molar-refractivity contribution in [2.45, 2.75) is 18.9 Å². The van der Waals surface area contributed by atoms with Crippen LogP contribution in [0.5, 0.6) is 0 Å². The lowest BCUT2D eigenvalue weighted by molar-refractivity contribution is -0.132. The van der Waals surface area contributed by atoms with Gasteiger partial charge in [0.15, 0.2) is 18.0 Å².